The maximum absolute atomic E-state index is 9.92. The number of hydrogen-bond donors (Lipinski definition) is 1. The van der Waals surface area contributed by atoms with E-state index in [1.54, 1.807) is 0 Å². The highest BCUT2D eigenvalue weighted by Crippen LogP contribution is 2.30. The molecule has 0 bridgehead atoms. The normalized spacial score (nSPS) is 13.3. The highest BCUT2D eigenvalue weighted by molar-refractivity contribution is 9.11. The monoisotopic (exact) mass is 320 g/mol. The molecular formula is C11H14Br2O. The van der Waals surface area contributed by atoms with Gasteiger partial charge in [-0.25, -0.2) is 0 Å². The molecule has 1 unspecified atom stereocenters. The lowest BCUT2D eigenvalue weighted by Gasteiger charge is -2.15. The molecule has 0 aromatic heterocycles. The average Bonchev–Trinajstić information content (AvgIpc) is 2.01. The van der Waals surface area contributed by atoms with E-state index in [2.05, 4.69) is 45.7 Å². The summed E-state index contributed by atoms with van der Waals surface area (Å²) < 4.78 is 1.98. The summed E-state index contributed by atoms with van der Waals surface area (Å²) in [5.74, 6) is 0.501. The second kappa shape index (κ2) is 5.29. The van der Waals surface area contributed by atoms with Gasteiger partial charge < -0.3 is 5.11 Å². The fourth-order valence-corrected chi connectivity index (χ4v) is 2.66. The summed E-state index contributed by atoms with van der Waals surface area (Å²) in [6, 6.07) is 5.85. The summed E-state index contributed by atoms with van der Waals surface area (Å²) in [5, 5.41) is 9.92. The van der Waals surface area contributed by atoms with Crippen LogP contribution in [0.15, 0.2) is 27.1 Å². The molecule has 1 aromatic carbocycles. The molecule has 0 aliphatic carbocycles. The summed E-state index contributed by atoms with van der Waals surface area (Å²) >= 11 is 6.83. The Balaban J connectivity index is 2.84. The van der Waals surface area contributed by atoms with Crippen molar-refractivity contribution in [1.29, 1.82) is 0 Å². The molecule has 1 N–H and O–H groups in total. The maximum Gasteiger partial charge on any atom is 0.0803 e. The lowest BCUT2D eigenvalue weighted by atomic mass is 10.00. The zero-order chi connectivity index (χ0) is 10.7. The van der Waals surface area contributed by atoms with Gasteiger partial charge in [-0.3, -0.25) is 0 Å². The van der Waals surface area contributed by atoms with E-state index in [-0.39, 0.29) is 6.10 Å². The van der Waals surface area contributed by atoms with E-state index in [1.165, 1.54) is 0 Å². The van der Waals surface area contributed by atoms with E-state index >= 15 is 0 Å². The summed E-state index contributed by atoms with van der Waals surface area (Å²) in [6.45, 7) is 4.21. The second-order valence-electron chi connectivity index (χ2n) is 3.81. The minimum atomic E-state index is -0.377. The number of aliphatic hydroxyl groups excluding tert-OH is 1. The molecule has 1 rings (SSSR count). The molecule has 0 radical (unpaired) electrons. The molecule has 0 aliphatic heterocycles. The summed E-state index contributed by atoms with van der Waals surface area (Å²) in [5.41, 5.74) is 0.960. The minimum absolute atomic E-state index is 0.377. The molecular weight excluding hydrogens is 308 g/mol. The SMILES string of the molecule is CC(C)CC(O)c1ccc(Br)cc1Br. The molecule has 14 heavy (non-hydrogen) atoms. The van der Waals surface area contributed by atoms with Gasteiger partial charge in [0, 0.05) is 8.95 Å². The molecule has 0 aliphatic rings. The van der Waals surface area contributed by atoms with Gasteiger partial charge in [0.05, 0.1) is 6.10 Å². The molecule has 1 nitrogen and oxygen atoms in total. The Morgan fingerprint density at radius 2 is 1.93 bits per heavy atom. The Kier molecular flexibility index (Phi) is 4.61. The van der Waals surface area contributed by atoms with Crippen LogP contribution in [0.1, 0.15) is 31.9 Å². The molecule has 78 valence electrons. The molecule has 1 aromatic rings. The van der Waals surface area contributed by atoms with Gasteiger partial charge in [0.1, 0.15) is 0 Å². The van der Waals surface area contributed by atoms with E-state index in [1.807, 2.05) is 18.2 Å². The van der Waals surface area contributed by atoms with Crippen molar-refractivity contribution in [3.8, 4) is 0 Å². The maximum atomic E-state index is 9.92. The smallest absolute Gasteiger partial charge is 0.0803 e. The number of aliphatic hydroxyl groups is 1. The van der Waals surface area contributed by atoms with Crippen LogP contribution in [0.3, 0.4) is 0 Å². The van der Waals surface area contributed by atoms with E-state index in [4.69, 9.17) is 0 Å². The number of halogens is 2. The zero-order valence-electron chi connectivity index (χ0n) is 8.30. The predicted molar refractivity (Wildman–Crippen MR) is 66.3 cm³/mol. The van der Waals surface area contributed by atoms with Crippen molar-refractivity contribution in [2.24, 2.45) is 5.92 Å². The van der Waals surface area contributed by atoms with Crippen LogP contribution in [-0.4, -0.2) is 5.11 Å². The molecule has 0 spiro atoms. The van der Waals surface area contributed by atoms with Crippen molar-refractivity contribution in [2.45, 2.75) is 26.4 Å². The van der Waals surface area contributed by atoms with Crippen molar-refractivity contribution >= 4 is 31.9 Å². The van der Waals surface area contributed by atoms with Gasteiger partial charge in [-0.1, -0.05) is 51.8 Å². The first-order valence-electron chi connectivity index (χ1n) is 4.63. The molecule has 0 amide bonds. The highest BCUT2D eigenvalue weighted by atomic mass is 79.9. The van der Waals surface area contributed by atoms with Crippen molar-refractivity contribution in [1.82, 2.24) is 0 Å². The number of benzene rings is 1. The van der Waals surface area contributed by atoms with Crippen LogP contribution in [0.2, 0.25) is 0 Å². The molecule has 1 atom stereocenters. The van der Waals surface area contributed by atoms with Crippen molar-refractivity contribution in [3.63, 3.8) is 0 Å². The van der Waals surface area contributed by atoms with Crippen molar-refractivity contribution < 1.29 is 5.11 Å². The number of rotatable bonds is 3. The summed E-state index contributed by atoms with van der Waals surface area (Å²) in [6.07, 6.45) is 0.415. The fraction of sp³-hybridized carbons (Fsp3) is 0.455. The molecule has 0 fully saturated rings. The topological polar surface area (TPSA) is 20.2 Å². The Hall–Kier alpha value is 0.140. The van der Waals surface area contributed by atoms with Crippen LogP contribution in [-0.2, 0) is 0 Å². The summed E-state index contributed by atoms with van der Waals surface area (Å²) in [4.78, 5) is 0. The van der Waals surface area contributed by atoms with E-state index < -0.39 is 0 Å². The van der Waals surface area contributed by atoms with Gasteiger partial charge in [-0.2, -0.15) is 0 Å². The van der Waals surface area contributed by atoms with Gasteiger partial charge >= 0.3 is 0 Å². The minimum Gasteiger partial charge on any atom is -0.388 e. The van der Waals surface area contributed by atoms with Crippen molar-refractivity contribution in [2.75, 3.05) is 0 Å². The van der Waals surface area contributed by atoms with Gasteiger partial charge in [0.2, 0.25) is 0 Å². The summed E-state index contributed by atoms with van der Waals surface area (Å²) in [7, 11) is 0. The highest BCUT2D eigenvalue weighted by Gasteiger charge is 2.12. The third-order valence-electron chi connectivity index (χ3n) is 2.02. The fourth-order valence-electron chi connectivity index (χ4n) is 1.35. The quantitative estimate of drug-likeness (QED) is 0.880. The third kappa shape index (κ3) is 3.37. The third-order valence-corrected chi connectivity index (χ3v) is 3.20. The first-order valence-corrected chi connectivity index (χ1v) is 6.22. The molecule has 0 saturated heterocycles. The Morgan fingerprint density at radius 3 is 2.43 bits per heavy atom. The first-order chi connectivity index (χ1) is 6.50. The van der Waals surface area contributed by atoms with Gasteiger partial charge in [-0.05, 0) is 30.0 Å². The van der Waals surface area contributed by atoms with Crippen LogP contribution >= 0.6 is 31.9 Å². The Labute approximate surface area is 102 Å². The largest absolute Gasteiger partial charge is 0.388 e. The van der Waals surface area contributed by atoms with Gasteiger partial charge in [0.15, 0.2) is 0 Å². The first kappa shape index (κ1) is 12.2. The molecule has 3 heteroatoms. The molecule has 0 saturated carbocycles. The van der Waals surface area contributed by atoms with Gasteiger partial charge in [-0.15, -0.1) is 0 Å². The van der Waals surface area contributed by atoms with E-state index in [0.717, 1.165) is 20.9 Å². The average molecular weight is 322 g/mol. The van der Waals surface area contributed by atoms with Crippen molar-refractivity contribution in [3.05, 3.63) is 32.7 Å². The van der Waals surface area contributed by atoms with Crippen LogP contribution in [0.5, 0.6) is 0 Å². The Bertz CT molecular complexity index is 310. The standard InChI is InChI=1S/C11H14Br2O/c1-7(2)5-11(14)9-4-3-8(12)6-10(9)13/h3-4,6-7,11,14H,5H2,1-2H3. The predicted octanol–water partition coefficient (Wildman–Crippen LogP) is 4.29. The zero-order valence-corrected chi connectivity index (χ0v) is 11.5. The lowest BCUT2D eigenvalue weighted by molar-refractivity contribution is 0.150. The second-order valence-corrected chi connectivity index (χ2v) is 5.58. The Morgan fingerprint density at radius 1 is 1.29 bits per heavy atom. The van der Waals surface area contributed by atoms with Crippen LogP contribution < -0.4 is 0 Å². The molecule has 0 heterocycles. The van der Waals surface area contributed by atoms with Crippen LogP contribution in [0.4, 0.5) is 0 Å². The lowest BCUT2D eigenvalue weighted by Crippen LogP contribution is -2.02. The number of hydrogen-bond acceptors (Lipinski definition) is 1. The van der Waals surface area contributed by atoms with E-state index in [0.29, 0.717) is 5.92 Å². The van der Waals surface area contributed by atoms with Gasteiger partial charge in [0.25, 0.3) is 0 Å². The van der Waals surface area contributed by atoms with E-state index in [9.17, 15) is 5.11 Å². The van der Waals surface area contributed by atoms with Crippen LogP contribution in [0.25, 0.3) is 0 Å². The van der Waals surface area contributed by atoms with Crippen LogP contribution in [0, 0.1) is 5.92 Å².